The van der Waals surface area contributed by atoms with Crippen LogP contribution in [0.5, 0.6) is 5.75 Å². The Balaban J connectivity index is 2.02. The Morgan fingerprint density at radius 3 is 3.00 bits per heavy atom. The predicted molar refractivity (Wildman–Crippen MR) is 82.9 cm³/mol. The second-order valence-corrected chi connectivity index (χ2v) is 5.78. The molecular weight excluding hydrogens is 292 g/mol. The van der Waals surface area contributed by atoms with E-state index in [4.69, 9.17) is 16.3 Å². The molecule has 1 amide bonds. The van der Waals surface area contributed by atoms with E-state index in [2.05, 4.69) is 10.2 Å². The van der Waals surface area contributed by atoms with Crippen molar-refractivity contribution in [2.45, 2.75) is 19.4 Å². The zero-order valence-electron chi connectivity index (χ0n) is 12.3. The maximum atomic E-state index is 12.4. The molecule has 1 heterocycles. The van der Waals surface area contributed by atoms with Crippen molar-refractivity contribution in [3.05, 3.63) is 23.2 Å². The fourth-order valence-corrected chi connectivity index (χ4v) is 2.72. The van der Waals surface area contributed by atoms with E-state index < -0.39 is 0 Å². The van der Waals surface area contributed by atoms with Gasteiger partial charge in [-0.1, -0.05) is 11.6 Å². The molecule has 1 aliphatic heterocycles. The van der Waals surface area contributed by atoms with Gasteiger partial charge in [0.05, 0.1) is 18.8 Å². The van der Waals surface area contributed by atoms with Crippen LogP contribution in [0.25, 0.3) is 0 Å². The van der Waals surface area contributed by atoms with Crippen molar-refractivity contribution >= 4 is 23.2 Å². The summed E-state index contributed by atoms with van der Waals surface area (Å²) in [6, 6.07) is 4.85. The molecule has 6 heteroatoms. The summed E-state index contributed by atoms with van der Waals surface area (Å²) in [5, 5.41) is 12.6. The Hall–Kier alpha value is -1.30. The lowest BCUT2D eigenvalue weighted by molar-refractivity contribution is -0.120. The highest BCUT2D eigenvalue weighted by molar-refractivity contribution is 6.31. The molecule has 0 aromatic heterocycles. The largest absolute Gasteiger partial charge is 0.495 e. The highest BCUT2D eigenvalue weighted by atomic mass is 35.5. The lowest BCUT2D eigenvalue weighted by Crippen LogP contribution is -2.40. The number of hydrogen-bond acceptors (Lipinski definition) is 4. The number of amides is 1. The topological polar surface area (TPSA) is 61.8 Å². The maximum absolute atomic E-state index is 12.4. The predicted octanol–water partition coefficient (Wildman–Crippen LogP) is 1.99. The number of hydrogen-bond donors (Lipinski definition) is 2. The summed E-state index contributed by atoms with van der Waals surface area (Å²) in [6.07, 6.45) is 0.925. The number of anilines is 1. The average Bonchev–Trinajstić information content (AvgIpc) is 2.95. The number of benzene rings is 1. The Bertz CT molecular complexity index is 510. The van der Waals surface area contributed by atoms with Crippen LogP contribution in [0.3, 0.4) is 0 Å². The zero-order valence-corrected chi connectivity index (χ0v) is 13.1. The van der Waals surface area contributed by atoms with Crippen LogP contribution < -0.4 is 10.1 Å². The van der Waals surface area contributed by atoms with Crippen LogP contribution in [0.15, 0.2) is 18.2 Å². The molecule has 1 fully saturated rings. The standard InChI is InChI=1S/C15H21ClN2O3/c1-10(18-6-5-11(8-18)9-19)15(20)17-13-7-12(16)3-4-14(13)21-2/h3-4,7,10-11,19H,5-6,8-9H2,1-2H3,(H,17,20). The van der Waals surface area contributed by atoms with Gasteiger partial charge in [0.2, 0.25) is 5.91 Å². The number of carbonyl (C=O) groups excluding carboxylic acids is 1. The Kier molecular flexibility index (Phi) is 5.45. The maximum Gasteiger partial charge on any atom is 0.241 e. The van der Waals surface area contributed by atoms with Crippen LogP contribution in [0.2, 0.25) is 5.02 Å². The number of nitrogens with zero attached hydrogens (tertiary/aromatic N) is 1. The summed E-state index contributed by atoms with van der Waals surface area (Å²) in [5.41, 5.74) is 0.569. The van der Waals surface area contributed by atoms with Gasteiger partial charge >= 0.3 is 0 Å². The summed E-state index contributed by atoms with van der Waals surface area (Å²) in [5.74, 6) is 0.740. The summed E-state index contributed by atoms with van der Waals surface area (Å²) in [4.78, 5) is 14.4. The van der Waals surface area contributed by atoms with Gasteiger partial charge in [-0.2, -0.15) is 0 Å². The van der Waals surface area contributed by atoms with Crippen molar-refractivity contribution in [2.24, 2.45) is 5.92 Å². The van der Waals surface area contributed by atoms with E-state index in [1.807, 2.05) is 6.92 Å². The molecule has 1 aromatic rings. The first-order chi connectivity index (χ1) is 10.0. The van der Waals surface area contributed by atoms with Crippen molar-refractivity contribution in [2.75, 3.05) is 32.1 Å². The molecule has 0 aliphatic carbocycles. The lowest BCUT2D eigenvalue weighted by Gasteiger charge is -2.23. The van der Waals surface area contributed by atoms with Crippen molar-refractivity contribution in [1.82, 2.24) is 4.90 Å². The minimum absolute atomic E-state index is 0.103. The molecule has 2 unspecified atom stereocenters. The van der Waals surface area contributed by atoms with Crippen molar-refractivity contribution in [1.29, 1.82) is 0 Å². The van der Waals surface area contributed by atoms with Gasteiger partial charge < -0.3 is 15.2 Å². The molecule has 0 bridgehead atoms. The third-order valence-corrected chi connectivity index (χ3v) is 4.16. The van der Waals surface area contributed by atoms with E-state index >= 15 is 0 Å². The van der Waals surface area contributed by atoms with Crippen LogP contribution in [0.1, 0.15) is 13.3 Å². The summed E-state index contributed by atoms with van der Waals surface area (Å²) in [7, 11) is 1.55. The quantitative estimate of drug-likeness (QED) is 0.873. The first-order valence-electron chi connectivity index (χ1n) is 7.04. The number of aliphatic hydroxyl groups is 1. The second kappa shape index (κ2) is 7.11. The summed E-state index contributed by atoms with van der Waals surface area (Å²) >= 11 is 5.96. The van der Waals surface area contributed by atoms with E-state index in [1.54, 1.807) is 25.3 Å². The van der Waals surface area contributed by atoms with E-state index in [0.29, 0.717) is 16.5 Å². The SMILES string of the molecule is COc1ccc(Cl)cc1NC(=O)C(C)N1CCC(CO)C1. The van der Waals surface area contributed by atoms with Crippen LogP contribution >= 0.6 is 11.6 Å². The third kappa shape index (κ3) is 3.87. The average molecular weight is 313 g/mol. The van der Waals surface area contributed by atoms with Gasteiger partial charge in [-0.3, -0.25) is 9.69 Å². The minimum Gasteiger partial charge on any atom is -0.495 e. The Labute approximate surface area is 129 Å². The van der Waals surface area contributed by atoms with E-state index in [9.17, 15) is 9.90 Å². The van der Waals surface area contributed by atoms with Gasteiger partial charge in [0.1, 0.15) is 5.75 Å². The Morgan fingerprint density at radius 2 is 2.38 bits per heavy atom. The minimum atomic E-state index is -0.259. The van der Waals surface area contributed by atoms with Gasteiger partial charge in [0.25, 0.3) is 0 Å². The number of aliphatic hydroxyl groups excluding tert-OH is 1. The van der Waals surface area contributed by atoms with E-state index in [-0.39, 0.29) is 24.5 Å². The smallest absolute Gasteiger partial charge is 0.241 e. The van der Waals surface area contributed by atoms with E-state index in [1.165, 1.54) is 0 Å². The molecule has 116 valence electrons. The molecule has 1 aliphatic rings. The van der Waals surface area contributed by atoms with Crippen LogP contribution in [-0.2, 0) is 4.79 Å². The number of likely N-dealkylation sites (tertiary alicyclic amines) is 1. The molecule has 0 spiro atoms. The van der Waals surface area contributed by atoms with Crippen LogP contribution in [0.4, 0.5) is 5.69 Å². The number of ether oxygens (including phenoxy) is 1. The molecule has 21 heavy (non-hydrogen) atoms. The highest BCUT2D eigenvalue weighted by Crippen LogP contribution is 2.28. The first kappa shape index (κ1) is 16.1. The highest BCUT2D eigenvalue weighted by Gasteiger charge is 2.29. The second-order valence-electron chi connectivity index (χ2n) is 5.34. The number of halogens is 1. The molecule has 5 nitrogen and oxygen atoms in total. The number of methoxy groups -OCH3 is 1. The van der Waals surface area contributed by atoms with Crippen molar-refractivity contribution in [3.8, 4) is 5.75 Å². The third-order valence-electron chi connectivity index (χ3n) is 3.92. The molecule has 1 aromatic carbocycles. The van der Waals surface area contributed by atoms with Crippen molar-refractivity contribution in [3.63, 3.8) is 0 Å². The van der Waals surface area contributed by atoms with E-state index in [0.717, 1.165) is 19.5 Å². The molecule has 2 atom stereocenters. The van der Waals surface area contributed by atoms with Crippen molar-refractivity contribution < 1.29 is 14.6 Å². The monoisotopic (exact) mass is 312 g/mol. The van der Waals surface area contributed by atoms with Gasteiger partial charge in [-0.15, -0.1) is 0 Å². The van der Waals surface area contributed by atoms with Crippen LogP contribution in [0, 0.1) is 5.92 Å². The number of nitrogens with one attached hydrogen (secondary N) is 1. The Morgan fingerprint density at radius 1 is 1.62 bits per heavy atom. The molecular formula is C15H21ClN2O3. The normalized spacial score (nSPS) is 20.3. The van der Waals surface area contributed by atoms with Gasteiger partial charge in [0, 0.05) is 18.2 Å². The summed E-state index contributed by atoms with van der Waals surface area (Å²) < 4.78 is 5.22. The number of rotatable bonds is 5. The first-order valence-corrected chi connectivity index (χ1v) is 7.42. The molecule has 0 radical (unpaired) electrons. The molecule has 2 rings (SSSR count). The molecule has 0 saturated carbocycles. The van der Waals surface area contributed by atoms with Gasteiger partial charge in [-0.05, 0) is 44.0 Å². The summed E-state index contributed by atoms with van der Waals surface area (Å²) in [6.45, 7) is 3.61. The van der Waals surface area contributed by atoms with Gasteiger partial charge in [0.15, 0.2) is 0 Å². The fraction of sp³-hybridized carbons (Fsp3) is 0.533. The van der Waals surface area contributed by atoms with Gasteiger partial charge in [-0.25, -0.2) is 0 Å². The number of carbonyl (C=O) groups is 1. The zero-order chi connectivity index (χ0) is 15.4. The van der Waals surface area contributed by atoms with Crippen LogP contribution in [-0.4, -0.2) is 48.8 Å². The molecule has 2 N–H and O–H groups in total. The lowest BCUT2D eigenvalue weighted by atomic mass is 10.1. The fourth-order valence-electron chi connectivity index (χ4n) is 2.54. The molecule has 1 saturated heterocycles.